The van der Waals surface area contributed by atoms with Crippen molar-refractivity contribution in [2.24, 2.45) is 0 Å². The summed E-state index contributed by atoms with van der Waals surface area (Å²) in [4.78, 5) is 8.79. The molecule has 0 saturated heterocycles. The van der Waals surface area contributed by atoms with Gasteiger partial charge in [0.15, 0.2) is 0 Å². The molecule has 2 nitrogen and oxygen atoms in total. The molecule has 0 atom stereocenters. The molecule has 0 saturated carbocycles. The van der Waals surface area contributed by atoms with Crippen molar-refractivity contribution in [1.29, 1.82) is 0 Å². The molecule has 1 aromatic carbocycles. The molecule has 1 heterocycles. The monoisotopic (exact) mass is 224 g/mol. The van der Waals surface area contributed by atoms with Gasteiger partial charge in [0, 0.05) is 10.8 Å². The van der Waals surface area contributed by atoms with Crippen LogP contribution in [0.1, 0.15) is 37.6 Å². The second-order valence-corrected chi connectivity index (χ2v) is 5.42. The van der Waals surface area contributed by atoms with Crippen LogP contribution in [0, 0.1) is 6.92 Å². The van der Waals surface area contributed by atoms with E-state index < -0.39 is 0 Å². The molecule has 86 valence electrons. The van der Waals surface area contributed by atoms with E-state index in [-0.39, 0.29) is 5.41 Å². The standard InChI is InChI=1S/C15H16N2/c1-9-5-11-14-12(6-9)16-8-17-13(14)7-10(2)15(11,3)4/h5-8H,1-4H3. The van der Waals surface area contributed by atoms with E-state index in [0.717, 1.165) is 11.2 Å². The van der Waals surface area contributed by atoms with E-state index in [1.807, 2.05) is 0 Å². The average Bonchev–Trinajstić information content (AvgIpc) is 2.26. The minimum atomic E-state index is 0.0714. The summed E-state index contributed by atoms with van der Waals surface area (Å²) in [6.07, 6.45) is 3.84. The van der Waals surface area contributed by atoms with E-state index in [0.29, 0.717) is 0 Å². The maximum atomic E-state index is 4.40. The van der Waals surface area contributed by atoms with Gasteiger partial charge in [-0.2, -0.15) is 0 Å². The third-order valence-corrected chi connectivity index (χ3v) is 3.92. The van der Waals surface area contributed by atoms with Crippen molar-refractivity contribution in [3.63, 3.8) is 0 Å². The lowest BCUT2D eigenvalue weighted by Crippen LogP contribution is -2.22. The highest BCUT2D eigenvalue weighted by Gasteiger charge is 2.30. The van der Waals surface area contributed by atoms with Gasteiger partial charge in [0.2, 0.25) is 0 Å². The third kappa shape index (κ3) is 1.33. The Bertz CT molecular complexity index is 651. The molecule has 0 unspecified atom stereocenters. The molecule has 0 radical (unpaired) electrons. The van der Waals surface area contributed by atoms with Gasteiger partial charge in [-0.15, -0.1) is 0 Å². The van der Waals surface area contributed by atoms with Crippen molar-refractivity contribution in [2.75, 3.05) is 0 Å². The molecule has 0 bridgehead atoms. The van der Waals surface area contributed by atoms with Gasteiger partial charge in [0.1, 0.15) is 6.33 Å². The van der Waals surface area contributed by atoms with Crippen molar-refractivity contribution in [3.05, 3.63) is 40.9 Å². The number of hydrogen-bond donors (Lipinski definition) is 0. The van der Waals surface area contributed by atoms with Crippen LogP contribution in [0.25, 0.3) is 17.0 Å². The van der Waals surface area contributed by atoms with E-state index in [1.165, 1.54) is 22.1 Å². The molecule has 17 heavy (non-hydrogen) atoms. The first-order valence-corrected chi connectivity index (χ1v) is 5.95. The normalized spacial score (nSPS) is 17.1. The summed E-state index contributed by atoms with van der Waals surface area (Å²) in [7, 11) is 0. The zero-order valence-electron chi connectivity index (χ0n) is 10.7. The molecule has 0 amide bonds. The van der Waals surface area contributed by atoms with Crippen LogP contribution >= 0.6 is 0 Å². The van der Waals surface area contributed by atoms with Gasteiger partial charge in [0.05, 0.1) is 11.2 Å². The molecule has 0 fully saturated rings. The molecule has 0 spiro atoms. The summed E-state index contributed by atoms with van der Waals surface area (Å²) in [6, 6.07) is 4.40. The SMILES string of the molecule is CC1=Cc2ncnc3cc(C)cc(c23)C1(C)C. The Kier molecular flexibility index (Phi) is 1.94. The predicted octanol–water partition coefficient (Wildman–Crippen LogP) is 3.63. The first-order chi connectivity index (χ1) is 8.00. The maximum absolute atomic E-state index is 4.40. The highest BCUT2D eigenvalue weighted by atomic mass is 14.8. The number of allylic oxidation sites excluding steroid dienone is 1. The molecule has 0 aliphatic heterocycles. The van der Waals surface area contributed by atoms with Crippen LogP contribution in [0.4, 0.5) is 0 Å². The van der Waals surface area contributed by atoms with Gasteiger partial charge < -0.3 is 0 Å². The molecule has 1 aliphatic carbocycles. The molecule has 0 N–H and O–H groups in total. The van der Waals surface area contributed by atoms with Crippen molar-refractivity contribution in [2.45, 2.75) is 33.1 Å². The van der Waals surface area contributed by atoms with Crippen LogP contribution < -0.4 is 0 Å². The topological polar surface area (TPSA) is 25.8 Å². The fourth-order valence-corrected chi connectivity index (χ4v) is 2.56. The molecule has 1 aliphatic rings. The summed E-state index contributed by atoms with van der Waals surface area (Å²) in [5.41, 5.74) is 6.16. The second-order valence-electron chi connectivity index (χ2n) is 5.42. The Hall–Kier alpha value is -1.70. The smallest absolute Gasteiger partial charge is 0.116 e. The first kappa shape index (κ1) is 10.5. The molecular weight excluding hydrogens is 208 g/mol. The van der Waals surface area contributed by atoms with Gasteiger partial charge in [-0.05, 0) is 37.1 Å². The highest BCUT2D eigenvalue weighted by Crippen LogP contribution is 2.41. The largest absolute Gasteiger partial charge is 0.236 e. The van der Waals surface area contributed by atoms with Crippen molar-refractivity contribution in [3.8, 4) is 0 Å². The molecule has 2 heteroatoms. The number of nitrogens with zero attached hydrogens (tertiary/aromatic N) is 2. The Morgan fingerprint density at radius 1 is 1.06 bits per heavy atom. The van der Waals surface area contributed by atoms with Gasteiger partial charge >= 0.3 is 0 Å². The summed E-state index contributed by atoms with van der Waals surface area (Å²) >= 11 is 0. The minimum absolute atomic E-state index is 0.0714. The van der Waals surface area contributed by atoms with Crippen LogP contribution in [0.2, 0.25) is 0 Å². The summed E-state index contributed by atoms with van der Waals surface area (Å²) in [5.74, 6) is 0. The molecule has 3 rings (SSSR count). The van der Waals surface area contributed by atoms with Crippen LogP contribution in [0.5, 0.6) is 0 Å². The van der Waals surface area contributed by atoms with Crippen molar-refractivity contribution < 1.29 is 0 Å². The van der Waals surface area contributed by atoms with Crippen LogP contribution in [0.3, 0.4) is 0 Å². The third-order valence-electron chi connectivity index (χ3n) is 3.92. The molecule has 2 aromatic rings. The molecular formula is C15H16N2. The second kappa shape index (κ2) is 3.16. The summed E-state index contributed by atoms with van der Waals surface area (Å²) in [5, 5.41) is 1.22. The average molecular weight is 224 g/mol. The highest BCUT2D eigenvalue weighted by molar-refractivity contribution is 5.93. The van der Waals surface area contributed by atoms with Crippen LogP contribution in [-0.2, 0) is 5.41 Å². The number of hydrogen-bond acceptors (Lipinski definition) is 2. The lowest BCUT2D eigenvalue weighted by atomic mass is 9.73. The number of benzene rings is 1. The van der Waals surface area contributed by atoms with Crippen molar-refractivity contribution >= 4 is 17.0 Å². The van der Waals surface area contributed by atoms with Gasteiger partial charge in [-0.1, -0.05) is 25.5 Å². The fourth-order valence-electron chi connectivity index (χ4n) is 2.56. The zero-order valence-corrected chi connectivity index (χ0v) is 10.7. The quantitative estimate of drug-likeness (QED) is 0.683. The summed E-state index contributed by atoms with van der Waals surface area (Å²) in [6.45, 7) is 8.84. The van der Waals surface area contributed by atoms with E-state index in [4.69, 9.17) is 0 Å². The fraction of sp³-hybridized carbons (Fsp3) is 0.333. The Morgan fingerprint density at radius 2 is 1.82 bits per heavy atom. The van der Waals surface area contributed by atoms with E-state index in [1.54, 1.807) is 6.33 Å². The number of rotatable bonds is 0. The van der Waals surface area contributed by atoms with E-state index in [9.17, 15) is 0 Å². The predicted molar refractivity (Wildman–Crippen MR) is 71.0 cm³/mol. The van der Waals surface area contributed by atoms with E-state index >= 15 is 0 Å². The number of aromatic nitrogens is 2. The zero-order chi connectivity index (χ0) is 12.2. The van der Waals surface area contributed by atoms with Gasteiger partial charge in [-0.3, -0.25) is 0 Å². The first-order valence-electron chi connectivity index (χ1n) is 5.95. The van der Waals surface area contributed by atoms with Gasteiger partial charge in [-0.25, -0.2) is 9.97 Å². The van der Waals surface area contributed by atoms with Crippen molar-refractivity contribution in [1.82, 2.24) is 9.97 Å². The lowest BCUT2D eigenvalue weighted by molar-refractivity contribution is 0.629. The number of aryl methyl sites for hydroxylation is 1. The van der Waals surface area contributed by atoms with E-state index in [2.05, 4.69) is 55.9 Å². The molecule has 1 aromatic heterocycles. The summed E-state index contributed by atoms with van der Waals surface area (Å²) < 4.78 is 0. The Morgan fingerprint density at radius 3 is 2.59 bits per heavy atom. The lowest BCUT2D eigenvalue weighted by Gasteiger charge is -2.32. The van der Waals surface area contributed by atoms with Crippen LogP contribution in [-0.4, -0.2) is 9.97 Å². The maximum Gasteiger partial charge on any atom is 0.116 e. The Labute approximate surface area is 101 Å². The Balaban J connectivity index is 2.53. The van der Waals surface area contributed by atoms with Crippen LogP contribution in [0.15, 0.2) is 24.0 Å². The van der Waals surface area contributed by atoms with Gasteiger partial charge in [0.25, 0.3) is 0 Å². The minimum Gasteiger partial charge on any atom is -0.236 e.